The first-order valence-electron chi connectivity index (χ1n) is 5.55. The van der Waals surface area contributed by atoms with Gasteiger partial charge >= 0.3 is 5.97 Å². The summed E-state index contributed by atoms with van der Waals surface area (Å²) in [5, 5.41) is 18.5. The Labute approximate surface area is 113 Å². The third-order valence-electron chi connectivity index (χ3n) is 2.37. The fourth-order valence-corrected chi connectivity index (χ4v) is 2.32. The molecular formula is C9H12N6O4S. The zero-order valence-corrected chi connectivity index (χ0v) is 11.0. The van der Waals surface area contributed by atoms with Crippen molar-refractivity contribution in [3.05, 3.63) is 24.5 Å². The highest BCUT2D eigenvalue weighted by atomic mass is 32.2. The van der Waals surface area contributed by atoms with Gasteiger partial charge in [0.2, 0.25) is 10.0 Å². The van der Waals surface area contributed by atoms with Gasteiger partial charge < -0.3 is 5.11 Å². The van der Waals surface area contributed by atoms with Crippen molar-refractivity contribution in [1.29, 1.82) is 0 Å². The molecule has 2 heterocycles. The molecule has 20 heavy (non-hydrogen) atoms. The molecule has 3 N–H and O–H groups in total. The van der Waals surface area contributed by atoms with E-state index in [1.807, 2.05) is 0 Å². The van der Waals surface area contributed by atoms with Crippen molar-refractivity contribution in [3.8, 4) is 0 Å². The summed E-state index contributed by atoms with van der Waals surface area (Å²) < 4.78 is 27.5. The molecule has 0 atom stereocenters. The molecule has 108 valence electrons. The number of aryl methyl sites for hydroxylation is 1. The quantitative estimate of drug-likeness (QED) is 0.592. The Morgan fingerprint density at radius 3 is 2.95 bits per heavy atom. The zero-order chi connectivity index (χ0) is 14.6. The van der Waals surface area contributed by atoms with E-state index >= 15 is 0 Å². The van der Waals surface area contributed by atoms with E-state index < -0.39 is 16.0 Å². The molecule has 0 spiro atoms. The van der Waals surface area contributed by atoms with E-state index in [1.165, 1.54) is 17.2 Å². The van der Waals surface area contributed by atoms with Gasteiger partial charge in [-0.25, -0.2) is 18.1 Å². The van der Waals surface area contributed by atoms with E-state index in [1.54, 1.807) is 0 Å². The molecule has 0 unspecified atom stereocenters. The van der Waals surface area contributed by atoms with Gasteiger partial charge in [0.1, 0.15) is 17.0 Å². The summed E-state index contributed by atoms with van der Waals surface area (Å²) in [5.41, 5.74) is 0. The highest BCUT2D eigenvalue weighted by molar-refractivity contribution is 7.89. The van der Waals surface area contributed by atoms with Gasteiger partial charge in [-0.1, -0.05) is 0 Å². The molecule has 0 fully saturated rings. The molecule has 0 aromatic carbocycles. The van der Waals surface area contributed by atoms with Crippen molar-refractivity contribution in [2.75, 3.05) is 0 Å². The number of aliphatic carboxylic acids is 1. The molecule has 0 saturated heterocycles. The molecular weight excluding hydrogens is 288 g/mol. The summed E-state index contributed by atoms with van der Waals surface area (Å²) in [7, 11) is -3.72. The molecule has 0 amide bonds. The van der Waals surface area contributed by atoms with Crippen LogP contribution >= 0.6 is 0 Å². The third kappa shape index (κ3) is 3.61. The van der Waals surface area contributed by atoms with E-state index in [-0.39, 0.29) is 24.4 Å². The number of sulfonamides is 1. The number of aromatic amines is 1. The summed E-state index contributed by atoms with van der Waals surface area (Å²) in [4.78, 5) is 14.2. The maximum absolute atomic E-state index is 11.9. The number of hydrogen-bond donors (Lipinski definition) is 3. The van der Waals surface area contributed by atoms with Crippen molar-refractivity contribution in [2.45, 2.75) is 24.4 Å². The van der Waals surface area contributed by atoms with E-state index in [2.05, 4.69) is 25.0 Å². The van der Waals surface area contributed by atoms with Crippen LogP contribution in [0.3, 0.4) is 0 Å². The number of nitrogens with one attached hydrogen (secondary N) is 2. The van der Waals surface area contributed by atoms with Crippen molar-refractivity contribution in [1.82, 2.24) is 29.7 Å². The lowest BCUT2D eigenvalue weighted by atomic mass is 10.4. The summed E-state index contributed by atoms with van der Waals surface area (Å²) in [6.45, 7) is 0.0790. The van der Waals surface area contributed by atoms with Gasteiger partial charge in [0.15, 0.2) is 0 Å². The van der Waals surface area contributed by atoms with Crippen LogP contribution in [0.1, 0.15) is 12.2 Å². The van der Waals surface area contributed by atoms with Crippen LogP contribution in [-0.2, 0) is 27.9 Å². The van der Waals surface area contributed by atoms with Crippen LogP contribution in [0.5, 0.6) is 0 Å². The van der Waals surface area contributed by atoms with Gasteiger partial charge in [0, 0.05) is 6.20 Å². The van der Waals surface area contributed by atoms with Crippen molar-refractivity contribution >= 4 is 16.0 Å². The molecule has 0 aliphatic heterocycles. The first-order chi connectivity index (χ1) is 9.47. The summed E-state index contributed by atoms with van der Waals surface area (Å²) in [6, 6.07) is 0. The number of hydrogen-bond acceptors (Lipinski definition) is 6. The number of carboxylic acid groups (broad SMARTS) is 1. The monoisotopic (exact) mass is 300 g/mol. The molecule has 2 rings (SSSR count). The lowest BCUT2D eigenvalue weighted by molar-refractivity contribution is -0.137. The molecule has 0 saturated carbocycles. The standard InChI is InChI=1S/C9H12N6O4S/c16-9(17)1-2-15-5-7(3-12-15)20(18,19)13-4-8-10-6-11-14-8/h3,5-6,13H,1-2,4H2,(H,16,17)(H,10,11,14). The topological polar surface area (TPSA) is 143 Å². The Bertz CT molecular complexity index is 677. The Kier molecular flexibility index (Phi) is 4.10. The van der Waals surface area contributed by atoms with E-state index in [4.69, 9.17) is 5.11 Å². The Balaban J connectivity index is 2.00. The molecule has 2 aromatic rings. The molecule has 10 nitrogen and oxygen atoms in total. The third-order valence-corrected chi connectivity index (χ3v) is 3.72. The second kappa shape index (κ2) is 5.79. The first kappa shape index (κ1) is 14.1. The van der Waals surface area contributed by atoms with Crippen molar-refractivity contribution in [3.63, 3.8) is 0 Å². The smallest absolute Gasteiger partial charge is 0.305 e. The van der Waals surface area contributed by atoms with Crippen LogP contribution in [0.4, 0.5) is 0 Å². The lowest BCUT2D eigenvalue weighted by Gasteiger charge is -2.01. The van der Waals surface area contributed by atoms with Crippen LogP contribution in [-0.4, -0.2) is 44.5 Å². The zero-order valence-electron chi connectivity index (χ0n) is 10.2. The van der Waals surface area contributed by atoms with E-state index in [0.29, 0.717) is 5.82 Å². The molecule has 0 bridgehead atoms. The van der Waals surface area contributed by atoms with Crippen LogP contribution in [0.2, 0.25) is 0 Å². The average molecular weight is 300 g/mol. The number of aromatic nitrogens is 5. The van der Waals surface area contributed by atoms with Crippen molar-refractivity contribution < 1.29 is 18.3 Å². The van der Waals surface area contributed by atoms with Gasteiger partial charge in [-0.05, 0) is 0 Å². The molecule has 0 radical (unpaired) electrons. The predicted molar refractivity (Wildman–Crippen MR) is 64.9 cm³/mol. The van der Waals surface area contributed by atoms with Crippen molar-refractivity contribution in [2.24, 2.45) is 0 Å². The highest BCUT2D eigenvalue weighted by Gasteiger charge is 2.17. The second-order valence-electron chi connectivity index (χ2n) is 3.84. The molecule has 0 aliphatic carbocycles. The Hall–Kier alpha value is -2.27. The Morgan fingerprint density at radius 1 is 1.50 bits per heavy atom. The van der Waals surface area contributed by atoms with Gasteiger partial charge in [0.05, 0.1) is 25.7 Å². The van der Waals surface area contributed by atoms with E-state index in [0.717, 1.165) is 6.20 Å². The normalized spacial score (nSPS) is 11.6. The fraction of sp³-hybridized carbons (Fsp3) is 0.333. The van der Waals surface area contributed by atoms with Crippen LogP contribution in [0.15, 0.2) is 23.6 Å². The average Bonchev–Trinajstić information content (AvgIpc) is 3.05. The lowest BCUT2D eigenvalue weighted by Crippen LogP contribution is -2.23. The van der Waals surface area contributed by atoms with Gasteiger partial charge in [-0.2, -0.15) is 10.2 Å². The number of nitrogens with zero attached hydrogens (tertiary/aromatic N) is 4. The largest absolute Gasteiger partial charge is 0.481 e. The minimum Gasteiger partial charge on any atom is -0.481 e. The summed E-state index contributed by atoms with van der Waals surface area (Å²) in [5.74, 6) is -0.597. The molecule has 0 aliphatic rings. The van der Waals surface area contributed by atoms with Crippen LogP contribution in [0, 0.1) is 0 Å². The second-order valence-corrected chi connectivity index (χ2v) is 5.61. The molecule has 2 aromatic heterocycles. The summed E-state index contributed by atoms with van der Waals surface area (Å²) >= 11 is 0. The van der Waals surface area contributed by atoms with Gasteiger partial charge in [-0.3, -0.25) is 14.6 Å². The number of carbonyl (C=O) groups is 1. The minimum atomic E-state index is -3.72. The highest BCUT2D eigenvalue weighted by Crippen LogP contribution is 2.07. The van der Waals surface area contributed by atoms with Crippen LogP contribution in [0.25, 0.3) is 0 Å². The van der Waals surface area contributed by atoms with Crippen LogP contribution < -0.4 is 4.72 Å². The van der Waals surface area contributed by atoms with E-state index in [9.17, 15) is 13.2 Å². The summed E-state index contributed by atoms with van der Waals surface area (Å²) in [6.07, 6.45) is 3.57. The SMILES string of the molecule is O=C(O)CCn1cc(S(=O)(=O)NCc2ncn[nH]2)cn1. The first-order valence-corrected chi connectivity index (χ1v) is 7.04. The predicted octanol–water partition coefficient (Wildman–Crippen LogP) is -1.05. The number of H-pyrrole nitrogens is 1. The maximum atomic E-state index is 11.9. The molecule has 11 heteroatoms. The fourth-order valence-electron chi connectivity index (χ4n) is 1.38. The Morgan fingerprint density at radius 2 is 2.30 bits per heavy atom. The van der Waals surface area contributed by atoms with Gasteiger partial charge in [0.25, 0.3) is 0 Å². The number of rotatable bonds is 7. The minimum absolute atomic E-state index is 0.0252. The van der Waals surface area contributed by atoms with Gasteiger partial charge in [-0.15, -0.1) is 0 Å². The maximum Gasteiger partial charge on any atom is 0.305 e. The number of carboxylic acids is 1.